The topological polar surface area (TPSA) is 125 Å². The van der Waals surface area contributed by atoms with E-state index in [2.05, 4.69) is 4.98 Å². The van der Waals surface area contributed by atoms with Crippen molar-refractivity contribution in [3.05, 3.63) is 55.3 Å². The number of carboxylic acid groups (broad SMARTS) is 2. The van der Waals surface area contributed by atoms with Gasteiger partial charge in [-0.05, 0) is 12.1 Å². The highest BCUT2D eigenvalue weighted by Gasteiger charge is 2.15. The molecule has 7 nitrogen and oxygen atoms in total. The van der Waals surface area contributed by atoms with Crippen molar-refractivity contribution in [1.82, 2.24) is 4.98 Å². The lowest BCUT2D eigenvalue weighted by molar-refractivity contribution is 0.0684. The molecule has 0 aliphatic carbocycles. The van der Waals surface area contributed by atoms with E-state index in [9.17, 15) is 19.2 Å². The Hall–Kier alpha value is -3.00. The van der Waals surface area contributed by atoms with Crippen LogP contribution in [0.1, 0.15) is 20.2 Å². The molecular formula is C14H7NO6S. The fourth-order valence-electron chi connectivity index (χ4n) is 2.22. The number of aromatic nitrogens is 1. The number of nitrogens with one attached hydrogen (secondary N) is 1. The third-order valence-corrected chi connectivity index (χ3v) is 4.20. The third-order valence-electron chi connectivity index (χ3n) is 3.13. The van der Waals surface area contributed by atoms with Crippen molar-refractivity contribution >= 4 is 44.3 Å². The van der Waals surface area contributed by atoms with Gasteiger partial charge in [-0.25, -0.2) is 9.59 Å². The second kappa shape index (κ2) is 4.78. The fourth-order valence-corrected chi connectivity index (χ4v) is 3.15. The van der Waals surface area contributed by atoms with Crippen LogP contribution in [-0.2, 0) is 0 Å². The molecule has 1 aromatic carbocycles. The monoisotopic (exact) mass is 317 g/mol. The Bertz CT molecular complexity index is 992. The van der Waals surface area contributed by atoms with E-state index in [4.69, 9.17) is 10.2 Å². The van der Waals surface area contributed by atoms with E-state index in [0.29, 0.717) is 4.70 Å². The molecule has 110 valence electrons. The first-order valence-electron chi connectivity index (χ1n) is 5.99. The van der Waals surface area contributed by atoms with E-state index >= 15 is 0 Å². The molecule has 0 atom stereocenters. The molecule has 0 unspecified atom stereocenters. The summed E-state index contributed by atoms with van der Waals surface area (Å²) in [4.78, 5) is 48.7. The minimum Gasteiger partial charge on any atom is -0.477 e. The van der Waals surface area contributed by atoms with Crippen LogP contribution >= 0.6 is 11.3 Å². The molecule has 22 heavy (non-hydrogen) atoms. The van der Waals surface area contributed by atoms with E-state index in [0.717, 1.165) is 23.5 Å². The average molecular weight is 317 g/mol. The van der Waals surface area contributed by atoms with Crippen LogP contribution in [0.5, 0.6) is 0 Å². The average Bonchev–Trinajstić information content (AvgIpc) is 2.46. The minimum atomic E-state index is -1.29. The molecule has 2 aromatic heterocycles. The Kier molecular flexibility index (Phi) is 3.03. The molecule has 0 saturated carbocycles. The van der Waals surface area contributed by atoms with Crippen LogP contribution in [0.2, 0.25) is 0 Å². The molecule has 2 heterocycles. The van der Waals surface area contributed by atoms with Crippen molar-refractivity contribution in [3.8, 4) is 0 Å². The fraction of sp³-hybridized carbons (Fsp3) is 0. The van der Waals surface area contributed by atoms with Crippen LogP contribution in [-0.4, -0.2) is 27.1 Å². The second-order valence-corrected chi connectivity index (χ2v) is 5.58. The third kappa shape index (κ3) is 2.06. The Morgan fingerprint density at radius 1 is 0.955 bits per heavy atom. The largest absolute Gasteiger partial charge is 0.477 e. The number of rotatable bonds is 2. The summed E-state index contributed by atoms with van der Waals surface area (Å²) in [5.41, 5.74) is -1.27. The highest BCUT2D eigenvalue weighted by atomic mass is 32.1. The molecule has 0 amide bonds. The van der Waals surface area contributed by atoms with Crippen LogP contribution < -0.4 is 10.9 Å². The van der Waals surface area contributed by atoms with Gasteiger partial charge in [-0.1, -0.05) is 0 Å². The number of carboxylic acids is 2. The second-order valence-electron chi connectivity index (χ2n) is 4.49. The van der Waals surface area contributed by atoms with Gasteiger partial charge in [0.1, 0.15) is 10.6 Å². The summed E-state index contributed by atoms with van der Waals surface area (Å²) in [6.07, 6.45) is 0. The number of H-pyrrole nitrogens is 1. The lowest BCUT2D eigenvalue weighted by atomic mass is 10.1. The molecule has 0 fully saturated rings. The van der Waals surface area contributed by atoms with Crippen molar-refractivity contribution in [3.63, 3.8) is 0 Å². The highest BCUT2D eigenvalue weighted by Crippen LogP contribution is 2.24. The van der Waals surface area contributed by atoms with Gasteiger partial charge in [-0.3, -0.25) is 9.59 Å². The van der Waals surface area contributed by atoms with Crippen molar-refractivity contribution in [2.75, 3.05) is 0 Å². The Morgan fingerprint density at radius 3 is 2.27 bits per heavy atom. The Labute approximate surface area is 125 Å². The summed E-state index contributed by atoms with van der Waals surface area (Å²) < 4.78 is 0.353. The summed E-state index contributed by atoms with van der Waals surface area (Å²) in [6.45, 7) is 0. The van der Waals surface area contributed by atoms with E-state index in [1.54, 1.807) is 0 Å². The van der Waals surface area contributed by atoms with Gasteiger partial charge in [-0.2, -0.15) is 0 Å². The highest BCUT2D eigenvalue weighted by molar-refractivity contribution is 7.20. The summed E-state index contributed by atoms with van der Waals surface area (Å²) in [7, 11) is 0. The predicted octanol–water partition coefficient (Wildman–Crippen LogP) is 1.50. The normalized spacial score (nSPS) is 10.9. The van der Waals surface area contributed by atoms with Crippen molar-refractivity contribution < 1.29 is 19.8 Å². The maximum Gasteiger partial charge on any atom is 0.352 e. The molecule has 8 heteroatoms. The van der Waals surface area contributed by atoms with Gasteiger partial charge in [0.15, 0.2) is 10.9 Å². The van der Waals surface area contributed by atoms with Gasteiger partial charge < -0.3 is 15.2 Å². The molecule has 0 bridgehead atoms. The lowest BCUT2D eigenvalue weighted by Crippen LogP contribution is -2.13. The van der Waals surface area contributed by atoms with Crippen LogP contribution in [0.4, 0.5) is 0 Å². The van der Waals surface area contributed by atoms with E-state index in [1.165, 1.54) is 12.1 Å². The zero-order valence-electron chi connectivity index (χ0n) is 10.7. The smallest absolute Gasteiger partial charge is 0.352 e. The predicted molar refractivity (Wildman–Crippen MR) is 80.1 cm³/mol. The first-order valence-corrected chi connectivity index (χ1v) is 6.80. The van der Waals surface area contributed by atoms with Gasteiger partial charge in [0.2, 0.25) is 0 Å². The Balaban J connectivity index is 2.52. The molecule has 0 saturated heterocycles. The molecule has 3 N–H and O–H groups in total. The van der Waals surface area contributed by atoms with Crippen molar-refractivity contribution in [1.29, 1.82) is 0 Å². The summed E-state index contributed by atoms with van der Waals surface area (Å²) in [5, 5.41) is 18.1. The number of hydrogen-bond acceptors (Lipinski definition) is 5. The van der Waals surface area contributed by atoms with Gasteiger partial charge in [0.25, 0.3) is 0 Å². The standard InChI is InChI=1S/C14H7NO6S/c16-7-3-6(13(18)19)15-5-1-2-9-12(11(5)7)8(17)4-10(22-9)14(20)21/h1-4H,(H,15,16)(H,18,19)(H,20,21). The molecule has 0 aliphatic heterocycles. The van der Waals surface area contributed by atoms with Crippen molar-refractivity contribution in [2.45, 2.75) is 0 Å². The summed E-state index contributed by atoms with van der Waals surface area (Å²) in [5.74, 6) is -2.51. The van der Waals surface area contributed by atoms with Crippen LogP contribution in [0.15, 0.2) is 33.9 Å². The number of aromatic amines is 1. The first-order chi connectivity index (χ1) is 10.4. The number of benzene rings is 1. The molecular weight excluding hydrogens is 310 g/mol. The molecule has 0 radical (unpaired) electrons. The number of hydrogen-bond donors (Lipinski definition) is 3. The zero-order chi connectivity index (χ0) is 16.0. The molecule has 0 aliphatic rings. The van der Waals surface area contributed by atoms with E-state index in [-0.39, 0.29) is 26.9 Å². The van der Waals surface area contributed by atoms with Crippen LogP contribution in [0.3, 0.4) is 0 Å². The SMILES string of the molecule is O=C(O)c1cc(=O)c2c(ccc3sc(C(=O)O)cc(=O)c32)[nH]1. The van der Waals surface area contributed by atoms with Gasteiger partial charge >= 0.3 is 11.9 Å². The maximum absolute atomic E-state index is 12.2. The zero-order valence-corrected chi connectivity index (χ0v) is 11.6. The number of aromatic carboxylic acids is 2. The van der Waals surface area contributed by atoms with Gasteiger partial charge in [0.05, 0.1) is 16.3 Å². The van der Waals surface area contributed by atoms with Crippen molar-refractivity contribution in [2.24, 2.45) is 0 Å². The molecule has 3 aromatic rings. The van der Waals surface area contributed by atoms with Gasteiger partial charge in [-0.15, -0.1) is 11.3 Å². The van der Waals surface area contributed by atoms with Gasteiger partial charge in [0, 0.05) is 16.8 Å². The first kappa shape index (κ1) is 14.0. The lowest BCUT2D eigenvalue weighted by Gasteiger charge is -2.04. The van der Waals surface area contributed by atoms with Crippen LogP contribution in [0, 0.1) is 0 Å². The minimum absolute atomic E-state index is 0.0562. The molecule has 0 spiro atoms. The maximum atomic E-state index is 12.2. The Morgan fingerprint density at radius 2 is 1.64 bits per heavy atom. The van der Waals surface area contributed by atoms with Crippen LogP contribution in [0.25, 0.3) is 21.0 Å². The van der Waals surface area contributed by atoms with E-state index < -0.39 is 22.8 Å². The number of pyridine rings is 1. The van der Waals surface area contributed by atoms with E-state index in [1.807, 2.05) is 0 Å². The summed E-state index contributed by atoms with van der Waals surface area (Å²) >= 11 is 0.875. The quantitative estimate of drug-likeness (QED) is 0.615. The number of fused-ring (bicyclic) bond motifs is 3. The summed E-state index contributed by atoms with van der Waals surface area (Å²) in [6, 6.07) is 4.80. The molecule has 3 rings (SSSR count). The number of carbonyl (C=O) groups is 2.